The molecule has 2 atom stereocenters. The molecular weight excluding hydrogens is 290 g/mol. The van der Waals surface area contributed by atoms with Crippen LogP contribution in [0.3, 0.4) is 0 Å². The summed E-state index contributed by atoms with van der Waals surface area (Å²) in [6, 6.07) is 4.23. The van der Waals surface area contributed by atoms with Gasteiger partial charge in [0.25, 0.3) is 0 Å². The lowest BCUT2D eigenvalue weighted by Gasteiger charge is -2.42. The summed E-state index contributed by atoms with van der Waals surface area (Å²) in [5.41, 5.74) is 2.45. The zero-order valence-electron chi connectivity index (χ0n) is 14.4. The van der Waals surface area contributed by atoms with Crippen molar-refractivity contribution in [3.05, 3.63) is 29.6 Å². The third-order valence-electron chi connectivity index (χ3n) is 5.45. The molecule has 126 valence electrons. The molecule has 0 radical (unpaired) electrons. The van der Waals surface area contributed by atoms with Crippen LogP contribution in [-0.4, -0.2) is 60.6 Å². The second-order valence-corrected chi connectivity index (χ2v) is 7.20. The van der Waals surface area contributed by atoms with Crippen LogP contribution in [-0.2, 0) is 16.1 Å². The third kappa shape index (κ3) is 3.40. The van der Waals surface area contributed by atoms with Gasteiger partial charge in [0.2, 0.25) is 5.91 Å². The summed E-state index contributed by atoms with van der Waals surface area (Å²) >= 11 is 0. The summed E-state index contributed by atoms with van der Waals surface area (Å²) in [6.07, 6.45) is 3.02. The molecule has 2 saturated heterocycles. The first kappa shape index (κ1) is 16.4. The molecule has 0 aromatic carbocycles. The van der Waals surface area contributed by atoms with Gasteiger partial charge in [0.05, 0.1) is 12.3 Å². The van der Waals surface area contributed by atoms with E-state index >= 15 is 0 Å². The molecule has 0 bridgehead atoms. The Morgan fingerprint density at radius 2 is 2.26 bits per heavy atom. The van der Waals surface area contributed by atoms with E-state index in [4.69, 9.17) is 4.74 Å². The number of amides is 1. The molecule has 5 heteroatoms. The Kier molecular flexibility index (Phi) is 4.69. The number of ether oxygens (including phenoxy) is 1. The number of carbonyl (C=O) groups is 1. The molecule has 0 aliphatic carbocycles. The van der Waals surface area contributed by atoms with Gasteiger partial charge in [-0.05, 0) is 37.4 Å². The number of fused-ring (bicyclic) bond motifs is 1. The molecule has 1 amide bonds. The minimum absolute atomic E-state index is 0.137. The van der Waals surface area contributed by atoms with Crippen molar-refractivity contribution in [2.75, 3.05) is 39.9 Å². The molecule has 2 aliphatic heterocycles. The Balaban J connectivity index is 1.68. The Morgan fingerprint density at radius 1 is 1.43 bits per heavy atom. The lowest BCUT2D eigenvalue weighted by Crippen LogP contribution is -2.48. The smallest absolute Gasteiger partial charge is 0.219 e. The van der Waals surface area contributed by atoms with E-state index in [1.165, 1.54) is 5.56 Å². The molecule has 3 rings (SSSR count). The van der Waals surface area contributed by atoms with Gasteiger partial charge in [-0.3, -0.25) is 14.7 Å². The van der Waals surface area contributed by atoms with Gasteiger partial charge in [0, 0.05) is 51.8 Å². The molecule has 2 aliphatic rings. The van der Waals surface area contributed by atoms with Crippen LogP contribution in [0, 0.1) is 18.3 Å². The quantitative estimate of drug-likeness (QED) is 0.848. The molecule has 0 unspecified atom stereocenters. The Labute approximate surface area is 138 Å². The molecule has 0 N–H and O–H groups in total. The number of rotatable bonds is 4. The highest BCUT2D eigenvalue weighted by Gasteiger charge is 2.50. The second-order valence-electron chi connectivity index (χ2n) is 7.20. The van der Waals surface area contributed by atoms with Crippen molar-refractivity contribution in [1.29, 1.82) is 0 Å². The predicted octanol–water partition coefficient (Wildman–Crippen LogP) is 1.71. The lowest BCUT2D eigenvalue weighted by atomic mass is 9.73. The molecule has 0 saturated carbocycles. The Bertz CT molecular complexity index is 560. The third-order valence-corrected chi connectivity index (χ3v) is 5.45. The molecule has 1 aromatic heterocycles. The summed E-state index contributed by atoms with van der Waals surface area (Å²) < 4.78 is 5.51. The standard InChI is InChI=1S/C18H27N3O2/c1-14-4-5-17(19-8-14)11-20-7-6-18(13-23-3)12-21(15(2)22)10-16(18)9-20/h4-5,8,16H,6-7,9-13H2,1-3H3/t16-,18+/m1/s1. The van der Waals surface area contributed by atoms with Crippen LogP contribution in [0.2, 0.25) is 0 Å². The van der Waals surface area contributed by atoms with Gasteiger partial charge in [0.1, 0.15) is 0 Å². The van der Waals surface area contributed by atoms with Crippen molar-refractivity contribution >= 4 is 5.91 Å². The van der Waals surface area contributed by atoms with Crippen molar-refractivity contribution in [1.82, 2.24) is 14.8 Å². The highest BCUT2D eigenvalue weighted by Crippen LogP contribution is 2.43. The normalized spacial score (nSPS) is 28.0. The van der Waals surface area contributed by atoms with Crippen molar-refractivity contribution in [2.24, 2.45) is 11.3 Å². The molecule has 2 fully saturated rings. The minimum Gasteiger partial charge on any atom is -0.384 e. The summed E-state index contributed by atoms with van der Waals surface area (Å²) in [5, 5.41) is 0. The highest BCUT2D eigenvalue weighted by molar-refractivity contribution is 5.73. The van der Waals surface area contributed by atoms with E-state index in [1.54, 1.807) is 14.0 Å². The maximum atomic E-state index is 11.8. The fourth-order valence-electron chi connectivity index (χ4n) is 4.08. The Hall–Kier alpha value is -1.46. The summed E-state index contributed by atoms with van der Waals surface area (Å²) in [5.74, 6) is 0.673. The molecule has 0 spiro atoms. The van der Waals surface area contributed by atoms with Crippen LogP contribution >= 0.6 is 0 Å². The maximum absolute atomic E-state index is 11.8. The van der Waals surface area contributed by atoms with Crippen molar-refractivity contribution < 1.29 is 9.53 Å². The van der Waals surface area contributed by atoms with E-state index in [1.807, 2.05) is 11.1 Å². The number of hydrogen-bond acceptors (Lipinski definition) is 4. The molecule has 3 heterocycles. The summed E-state index contributed by atoms with van der Waals surface area (Å²) in [4.78, 5) is 20.8. The van der Waals surface area contributed by atoms with Crippen molar-refractivity contribution in [3.63, 3.8) is 0 Å². The number of likely N-dealkylation sites (tertiary alicyclic amines) is 2. The van der Waals surface area contributed by atoms with Crippen molar-refractivity contribution in [2.45, 2.75) is 26.8 Å². The van der Waals surface area contributed by atoms with Crippen LogP contribution in [0.15, 0.2) is 18.3 Å². The van der Waals surface area contributed by atoms with Crippen molar-refractivity contribution in [3.8, 4) is 0 Å². The van der Waals surface area contributed by atoms with Crippen LogP contribution in [0.4, 0.5) is 0 Å². The number of carbonyl (C=O) groups excluding carboxylic acids is 1. The number of nitrogens with zero attached hydrogens (tertiary/aromatic N) is 3. The van der Waals surface area contributed by atoms with Gasteiger partial charge in [0.15, 0.2) is 0 Å². The maximum Gasteiger partial charge on any atom is 0.219 e. The first-order chi connectivity index (χ1) is 11.0. The monoisotopic (exact) mass is 317 g/mol. The van der Waals surface area contributed by atoms with Gasteiger partial charge in [-0.15, -0.1) is 0 Å². The number of methoxy groups -OCH3 is 1. The fraction of sp³-hybridized carbons (Fsp3) is 0.667. The van der Waals surface area contributed by atoms with E-state index in [2.05, 4.69) is 28.9 Å². The van der Waals surface area contributed by atoms with E-state index in [0.29, 0.717) is 5.92 Å². The number of piperidine rings is 1. The van der Waals surface area contributed by atoms with E-state index < -0.39 is 0 Å². The van der Waals surface area contributed by atoms with Crippen LogP contribution in [0.1, 0.15) is 24.6 Å². The van der Waals surface area contributed by atoms with E-state index in [-0.39, 0.29) is 11.3 Å². The first-order valence-corrected chi connectivity index (χ1v) is 8.41. The average Bonchev–Trinajstić information content (AvgIpc) is 2.89. The number of pyridine rings is 1. The number of aromatic nitrogens is 1. The average molecular weight is 317 g/mol. The summed E-state index contributed by atoms with van der Waals surface area (Å²) in [7, 11) is 1.77. The number of hydrogen-bond donors (Lipinski definition) is 0. The van der Waals surface area contributed by atoms with Gasteiger partial charge < -0.3 is 9.64 Å². The lowest BCUT2D eigenvalue weighted by molar-refractivity contribution is -0.128. The highest BCUT2D eigenvalue weighted by atomic mass is 16.5. The largest absolute Gasteiger partial charge is 0.384 e. The van der Waals surface area contributed by atoms with Gasteiger partial charge in [-0.1, -0.05) is 6.07 Å². The van der Waals surface area contributed by atoms with E-state index in [0.717, 1.165) is 51.4 Å². The molecular formula is C18H27N3O2. The summed E-state index contributed by atoms with van der Waals surface area (Å²) in [6.45, 7) is 9.13. The Morgan fingerprint density at radius 3 is 2.91 bits per heavy atom. The molecule has 5 nitrogen and oxygen atoms in total. The zero-order valence-corrected chi connectivity index (χ0v) is 14.4. The second kappa shape index (κ2) is 6.57. The minimum atomic E-state index is 0.137. The van der Waals surface area contributed by atoms with Crippen LogP contribution in [0.25, 0.3) is 0 Å². The van der Waals surface area contributed by atoms with Gasteiger partial charge in [-0.25, -0.2) is 0 Å². The van der Waals surface area contributed by atoms with Gasteiger partial charge in [-0.2, -0.15) is 0 Å². The van der Waals surface area contributed by atoms with E-state index in [9.17, 15) is 4.79 Å². The first-order valence-electron chi connectivity index (χ1n) is 8.41. The predicted molar refractivity (Wildman–Crippen MR) is 88.9 cm³/mol. The SMILES string of the molecule is COC[C@@]12CCN(Cc3ccc(C)cn3)C[C@@H]1CN(C(C)=O)C2. The van der Waals surface area contributed by atoms with Gasteiger partial charge >= 0.3 is 0 Å². The van der Waals surface area contributed by atoms with Crippen LogP contribution < -0.4 is 0 Å². The van der Waals surface area contributed by atoms with Crippen LogP contribution in [0.5, 0.6) is 0 Å². The molecule has 1 aromatic rings. The zero-order chi connectivity index (χ0) is 16.4. The number of aryl methyl sites for hydroxylation is 1. The fourth-order valence-corrected chi connectivity index (χ4v) is 4.08. The topological polar surface area (TPSA) is 45.7 Å². The molecule has 23 heavy (non-hydrogen) atoms.